The van der Waals surface area contributed by atoms with Crippen LogP contribution in [0.1, 0.15) is 45.4 Å². The molecule has 0 aliphatic heterocycles. The fourth-order valence-corrected chi connectivity index (χ4v) is 2.46. The minimum atomic E-state index is 0.327. The highest BCUT2D eigenvalue weighted by Gasteiger charge is 2.23. The van der Waals surface area contributed by atoms with Crippen molar-refractivity contribution in [2.75, 3.05) is 6.54 Å². The highest BCUT2D eigenvalue weighted by Crippen LogP contribution is 2.31. The molecule has 0 heterocycles. The first-order valence-corrected chi connectivity index (χ1v) is 5.71. The maximum Gasteiger partial charge on any atom is 0.00791 e. The van der Waals surface area contributed by atoms with E-state index in [1.54, 1.807) is 0 Å². The maximum atomic E-state index is 6.08. The van der Waals surface area contributed by atoms with Crippen LogP contribution in [-0.4, -0.2) is 12.6 Å². The second-order valence-electron chi connectivity index (χ2n) is 4.50. The van der Waals surface area contributed by atoms with Crippen molar-refractivity contribution in [3.8, 4) is 0 Å². The van der Waals surface area contributed by atoms with Crippen molar-refractivity contribution in [1.82, 2.24) is 0 Å². The Balaban J connectivity index is 2.31. The summed E-state index contributed by atoms with van der Waals surface area (Å²) in [5.41, 5.74) is 11.6. The van der Waals surface area contributed by atoms with Gasteiger partial charge in [-0.15, -0.1) is 0 Å². The number of nitrogens with two attached hydrogens (primary N) is 2. The summed E-state index contributed by atoms with van der Waals surface area (Å²) in [4.78, 5) is 0. The van der Waals surface area contributed by atoms with Gasteiger partial charge in [-0.2, -0.15) is 0 Å². The summed E-state index contributed by atoms with van der Waals surface area (Å²) in [6, 6.07) is 0.327. The number of rotatable bonds is 4. The van der Waals surface area contributed by atoms with Gasteiger partial charge in [0.25, 0.3) is 0 Å². The summed E-state index contributed by atoms with van der Waals surface area (Å²) in [6.45, 7) is 3.04. The Morgan fingerprint density at radius 1 is 1.23 bits per heavy atom. The third-order valence-corrected chi connectivity index (χ3v) is 3.57. The highest BCUT2D eigenvalue weighted by molar-refractivity contribution is 4.78. The molecule has 78 valence electrons. The molecule has 0 amide bonds. The summed E-state index contributed by atoms with van der Waals surface area (Å²) in [6.07, 6.45) is 8.00. The molecule has 1 aliphatic carbocycles. The average Bonchev–Trinajstić information content (AvgIpc) is 2.18. The Morgan fingerprint density at radius 3 is 2.38 bits per heavy atom. The van der Waals surface area contributed by atoms with Crippen LogP contribution in [0.2, 0.25) is 0 Å². The lowest BCUT2D eigenvalue weighted by Gasteiger charge is -2.31. The van der Waals surface area contributed by atoms with E-state index in [-0.39, 0.29) is 0 Å². The molecule has 0 aromatic heterocycles. The second-order valence-corrected chi connectivity index (χ2v) is 4.50. The van der Waals surface area contributed by atoms with E-state index in [1.807, 2.05) is 0 Å². The topological polar surface area (TPSA) is 52.0 Å². The van der Waals surface area contributed by atoms with Gasteiger partial charge < -0.3 is 11.5 Å². The Hall–Kier alpha value is -0.0800. The van der Waals surface area contributed by atoms with Gasteiger partial charge in [-0.3, -0.25) is 0 Å². The summed E-state index contributed by atoms with van der Waals surface area (Å²) >= 11 is 0. The van der Waals surface area contributed by atoms with E-state index in [0.29, 0.717) is 12.0 Å². The summed E-state index contributed by atoms with van der Waals surface area (Å²) in [5, 5.41) is 0. The molecule has 0 spiro atoms. The van der Waals surface area contributed by atoms with Crippen molar-refractivity contribution in [3.05, 3.63) is 0 Å². The summed E-state index contributed by atoms with van der Waals surface area (Å²) in [5.74, 6) is 1.54. The highest BCUT2D eigenvalue weighted by atomic mass is 14.7. The molecule has 1 fully saturated rings. The molecule has 2 unspecified atom stereocenters. The Bertz CT molecular complexity index is 130. The van der Waals surface area contributed by atoms with E-state index in [2.05, 4.69) is 6.92 Å². The standard InChI is InChI=1S/C11H24N2/c1-9(11(13)7-8-12)10-5-3-2-4-6-10/h9-11H,2-8,12-13H2,1H3. The fraction of sp³-hybridized carbons (Fsp3) is 1.00. The number of hydrogen-bond donors (Lipinski definition) is 2. The molecule has 2 heteroatoms. The van der Waals surface area contributed by atoms with Gasteiger partial charge in [-0.05, 0) is 24.8 Å². The lowest BCUT2D eigenvalue weighted by atomic mass is 9.77. The molecule has 1 saturated carbocycles. The van der Waals surface area contributed by atoms with Crippen LogP contribution >= 0.6 is 0 Å². The second kappa shape index (κ2) is 5.61. The molecule has 0 bridgehead atoms. The molecular weight excluding hydrogens is 160 g/mol. The van der Waals surface area contributed by atoms with Crippen molar-refractivity contribution in [1.29, 1.82) is 0 Å². The van der Waals surface area contributed by atoms with Crippen LogP contribution in [0, 0.1) is 11.8 Å². The molecule has 0 saturated heterocycles. The van der Waals surface area contributed by atoms with Gasteiger partial charge in [0.1, 0.15) is 0 Å². The Kier molecular flexibility index (Phi) is 4.74. The number of hydrogen-bond acceptors (Lipinski definition) is 2. The van der Waals surface area contributed by atoms with E-state index in [0.717, 1.165) is 18.9 Å². The minimum Gasteiger partial charge on any atom is -0.330 e. The van der Waals surface area contributed by atoms with Crippen molar-refractivity contribution in [3.63, 3.8) is 0 Å². The lowest BCUT2D eigenvalue weighted by Crippen LogP contribution is -2.35. The van der Waals surface area contributed by atoms with E-state index in [9.17, 15) is 0 Å². The van der Waals surface area contributed by atoms with Gasteiger partial charge >= 0.3 is 0 Å². The van der Waals surface area contributed by atoms with Gasteiger partial charge in [0.15, 0.2) is 0 Å². The molecule has 4 N–H and O–H groups in total. The largest absolute Gasteiger partial charge is 0.330 e. The predicted molar refractivity (Wildman–Crippen MR) is 57.4 cm³/mol. The first-order valence-electron chi connectivity index (χ1n) is 5.71. The maximum absolute atomic E-state index is 6.08. The van der Waals surface area contributed by atoms with Gasteiger partial charge in [0.05, 0.1) is 0 Å². The van der Waals surface area contributed by atoms with Gasteiger partial charge in [0.2, 0.25) is 0 Å². The molecule has 0 aromatic rings. The van der Waals surface area contributed by atoms with Gasteiger partial charge in [0, 0.05) is 6.04 Å². The fourth-order valence-electron chi connectivity index (χ4n) is 2.46. The van der Waals surface area contributed by atoms with Crippen molar-refractivity contribution in [2.45, 2.75) is 51.5 Å². The third kappa shape index (κ3) is 3.28. The van der Waals surface area contributed by atoms with E-state index >= 15 is 0 Å². The van der Waals surface area contributed by atoms with Crippen LogP contribution in [0.3, 0.4) is 0 Å². The third-order valence-electron chi connectivity index (χ3n) is 3.57. The molecule has 1 rings (SSSR count). The van der Waals surface area contributed by atoms with E-state index < -0.39 is 0 Å². The Labute approximate surface area is 82.1 Å². The SMILES string of the molecule is CC(C(N)CCN)C1CCCCC1. The first-order chi connectivity index (χ1) is 6.25. The molecular formula is C11H24N2. The van der Waals surface area contributed by atoms with E-state index in [1.165, 1.54) is 32.1 Å². The molecule has 0 radical (unpaired) electrons. The summed E-state index contributed by atoms with van der Waals surface area (Å²) in [7, 11) is 0. The average molecular weight is 184 g/mol. The van der Waals surface area contributed by atoms with Crippen LogP contribution in [0.5, 0.6) is 0 Å². The van der Waals surface area contributed by atoms with Crippen molar-refractivity contribution in [2.24, 2.45) is 23.3 Å². The normalized spacial score (nSPS) is 24.2. The quantitative estimate of drug-likeness (QED) is 0.701. The Morgan fingerprint density at radius 2 is 1.85 bits per heavy atom. The van der Waals surface area contributed by atoms with Gasteiger partial charge in [-0.1, -0.05) is 39.0 Å². The van der Waals surface area contributed by atoms with Crippen LogP contribution in [-0.2, 0) is 0 Å². The zero-order chi connectivity index (χ0) is 9.68. The summed E-state index contributed by atoms with van der Waals surface area (Å²) < 4.78 is 0. The van der Waals surface area contributed by atoms with Crippen LogP contribution < -0.4 is 11.5 Å². The monoisotopic (exact) mass is 184 g/mol. The molecule has 13 heavy (non-hydrogen) atoms. The molecule has 1 aliphatic rings. The van der Waals surface area contributed by atoms with Gasteiger partial charge in [-0.25, -0.2) is 0 Å². The zero-order valence-electron chi connectivity index (χ0n) is 8.84. The van der Waals surface area contributed by atoms with Crippen LogP contribution in [0.15, 0.2) is 0 Å². The molecule has 2 atom stereocenters. The lowest BCUT2D eigenvalue weighted by molar-refractivity contribution is 0.227. The smallest absolute Gasteiger partial charge is 0.00791 e. The molecule has 0 aromatic carbocycles. The first kappa shape index (κ1) is 11.0. The predicted octanol–water partition coefficient (Wildman–Crippen LogP) is 1.88. The van der Waals surface area contributed by atoms with Crippen LogP contribution in [0.25, 0.3) is 0 Å². The molecule has 2 nitrogen and oxygen atoms in total. The minimum absolute atomic E-state index is 0.327. The van der Waals surface area contributed by atoms with Crippen LogP contribution in [0.4, 0.5) is 0 Å². The van der Waals surface area contributed by atoms with Crippen molar-refractivity contribution >= 4 is 0 Å². The van der Waals surface area contributed by atoms with Crippen molar-refractivity contribution < 1.29 is 0 Å². The zero-order valence-corrected chi connectivity index (χ0v) is 8.84. The van der Waals surface area contributed by atoms with E-state index in [4.69, 9.17) is 11.5 Å².